The molecule has 4 rings (SSSR count). The standard InChI is InChI=1S/C17H17N5O5/c23-16(21-3-6-25-7-4-21)11-22-10-12(9-18-22)19-17(24)13-8-15(27-20-13)14-2-1-5-26-14/h1-2,5,8-10H,3-4,6-7,11H2,(H,19,24). The van der Waals surface area contributed by atoms with Crippen molar-refractivity contribution in [2.24, 2.45) is 0 Å². The van der Waals surface area contributed by atoms with Gasteiger partial charge in [0.05, 0.1) is 31.4 Å². The van der Waals surface area contributed by atoms with Crippen LogP contribution in [-0.2, 0) is 16.1 Å². The molecule has 1 N–H and O–H groups in total. The van der Waals surface area contributed by atoms with Crippen LogP contribution in [0.5, 0.6) is 0 Å². The summed E-state index contributed by atoms with van der Waals surface area (Å²) < 4.78 is 17.0. The molecule has 0 aliphatic carbocycles. The molecule has 0 radical (unpaired) electrons. The molecule has 10 heteroatoms. The maximum atomic E-state index is 12.3. The van der Waals surface area contributed by atoms with Gasteiger partial charge in [-0.15, -0.1) is 0 Å². The van der Waals surface area contributed by atoms with Gasteiger partial charge in [0, 0.05) is 25.4 Å². The summed E-state index contributed by atoms with van der Waals surface area (Å²) in [7, 11) is 0. The zero-order valence-corrected chi connectivity index (χ0v) is 14.3. The quantitative estimate of drug-likeness (QED) is 0.717. The molecule has 0 bridgehead atoms. The number of carbonyl (C=O) groups is 2. The normalized spacial score (nSPS) is 14.3. The van der Waals surface area contributed by atoms with Crippen molar-refractivity contribution < 1.29 is 23.3 Å². The molecule has 0 aromatic carbocycles. The Labute approximate surface area is 153 Å². The molecular weight excluding hydrogens is 354 g/mol. The van der Waals surface area contributed by atoms with E-state index in [0.717, 1.165) is 0 Å². The van der Waals surface area contributed by atoms with Gasteiger partial charge in [-0.2, -0.15) is 5.10 Å². The average molecular weight is 371 g/mol. The summed E-state index contributed by atoms with van der Waals surface area (Å²) in [5.41, 5.74) is 0.566. The number of anilines is 1. The first-order valence-electron chi connectivity index (χ1n) is 8.39. The van der Waals surface area contributed by atoms with E-state index in [-0.39, 0.29) is 18.1 Å². The molecule has 0 saturated carbocycles. The Morgan fingerprint density at radius 1 is 1.22 bits per heavy atom. The second kappa shape index (κ2) is 7.46. The highest BCUT2D eigenvalue weighted by molar-refractivity contribution is 6.03. The maximum Gasteiger partial charge on any atom is 0.277 e. The van der Waals surface area contributed by atoms with Gasteiger partial charge in [0.2, 0.25) is 11.7 Å². The molecule has 1 aliphatic heterocycles. The number of nitrogens with zero attached hydrogens (tertiary/aromatic N) is 4. The van der Waals surface area contributed by atoms with Crippen LogP contribution in [0.1, 0.15) is 10.5 Å². The minimum Gasteiger partial charge on any atom is -0.461 e. The van der Waals surface area contributed by atoms with E-state index >= 15 is 0 Å². The highest BCUT2D eigenvalue weighted by atomic mass is 16.5. The molecule has 1 fully saturated rings. The summed E-state index contributed by atoms with van der Waals surface area (Å²) in [6.45, 7) is 2.35. The molecule has 1 saturated heterocycles. The monoisotopic (exact) mass is 371 g/mol. The lowest BCUT2D eigenvalue weighted by atomic mass is 10.3. The largest absolute Gasteiger partial charge is 0.461 e. The minimum absolute atomic E-state index is 0.0427. The third kappa shape index (κ3) is 3.90. The van der Waals surface area contributed by atoms with Crippen LogP contribution in [0.4, 0.5) is 5.69 Å². The van der Waals surface area contributed by atoms with Gasteiger partial charge in [0.15, 0.2) is 11.5 Å². The van der Waals surface area contributed by atoms with Crippen molar-refractivity contribution in [3.8, 4) is 11.5 Å². The van der Waals surface area contributed by atoms with E-state index in [0.29, 0.717) is 43.5 Å². The first-order valence-corrected chi connectivity index (χ1v) is 8.39. The summed E-state index contributed by atoms with van der Waals surface area (Å²) in [6.07, 6.45) is 4.56. The van der Waals surface area contributed by atoms with Crippen molar-refractivity contribution in [1.29, 1.82) is 0 Å². The lowest BCUT2D eigenvalue weighted by Crippen LogP contribution is -2.42. The van der Waals surface area contributed by atoms with Crippen molar-refractivity contribution in [3.05, 3.63) is 42.5 Å². The van der Waals surface area contributed by atoms with Crippen LogP contribution < -0.4 is 5.32 Å². The maximum absolute atomic E-state index is 12.3. The Morgan fingerprint density at radius 3 is 2.85 bits per heavy atom. The molecule has 0 atom stereocenters. The van der Waals surface area contributed by atoms with E-state index in [9.17, 15) is 9.59 Å². The van der Waals surface area contributed by atoms with Crippen molar-refractivity contribution in [2.75, 3.05) is 31.6 Å². The third-order valence-electron chi connectivity index (χ3n) is 4.06. The van der Waals surface area contributed by atoms with Gasteiger partial charge in [-0.25, -0.2) is 0 Å². The zero-order chi connectivity index (χ0) is 18.6. The third-order valence-corrected chi connectivity index (χ3v) is 4.06. The number of amides is 2. The van der Waals surface area contributed by atoms with Crippen LogP contribution in [0, 0.1) is 0 Å². The van der Waals surface area contributed by atoms with E-state index in [4.69, 9.17) is 13.7 Å². The second-order valence-electron chi connectivity index (χ2n) is 5.93. The van der Waals surface area contributed by atoms with Crippen molar-refractivity contribution in [2.45, 2.75) is 6.54 Å². The van der Waals surface area contributed by atoms with E-state index in [1.54, 1.807) is 23.2 Å². The number of hydrogen-bond acceptors (Lipinski definition) is 7. The molecule has 0 spiro atoms. The Kier molecular flexibility index (Phi) is 4.71. The second-order valence-corrected chi connectivity index (χ2v) is 5.93. The number of furan rings is 1. The molecule has 140 valence electrons. The molecule has 0 unspecified atom stereocenters. The zero-order valence-electron chi connectivity index (χ0n) is 14.3. The topological polar surface area (TPSA) is 116 Å². The van der Waals surface area contributed by atoms with Crippen LogP contribution >= 0.6 is 0 Å². The number of ether oxygens (including phenoxy) is 1. The van der Waals surface area contributed by atoms with Gasteiger partial charge in [-0.05, 0) is 12.1 Å². The number of morpholine rings is 1. The molecule has 1 aliphatic rings. The van der Waals surface area contributed by atoms with Gasteiger partial charge < -0.3 is 23.9 Å². The number of hydrogen-bond donors (Lipinski definition) is 1. The van der Waals surface area contributed by atoms with Crippen LogP contribution in [0.15, 0.2) is 45.8 Å². The predicted octanol–water partition coefficient (Wildman–Crippen LogP) is 1.24. The first kappa shape index (κ1) is 17.0. The summed E-state index contributed by atoms with van der Waals surface area (Å²) >= 11 is 0. The fourth-order valence-corrected chi connectivity index (χ4v) is 2.68. The van der Waals surface area contributed by atoms with Gasteiger partial charge in [0.1, 0.15) is 6.54 Å². The molecule has 27 heavy (non-hydrogen) atoms. The van der Waals surface area contributed by atoms with Crippen LogP contribution in [-0.4, -0.2) is 58.0 Å². The van der Waals surface area contributed by atoms with E-state index in [2.05, 4.69) is 15.6 Å². The number of nitrogens with one attached hydrogen (secondary N) is 1. The van der Waals surface area contributed by atoms with Gasteiger partial charge in [0.25, 0.3) is 5.91 Å². The Balaban J connectivity index is 1.36. The lowest BCUT2D eigenvalue weighted by Gasteiger charge is -2.26. The number of rotatable bonds is 5. The summed E-state index contributed by atoms with van der Waals surface area (Å²) in [5, 5.41) is 10.5. The highest BCUT2D eigenvalue weighted by Crippen LogP contribution is 2.21. The van der Waals surface area contributed by atoms with E-state index < -0.39 is 5.91 Å². The Hall–Kier alpha value is -3.40. The fraction of sp³-hybridized carbons (Fsp3) is 0.294. The molecule has 4 heterocycles. The summed E-state index contributed by atoms with van der Waals surface area (Å²) in [5.74, 6) is 0.349. The predicted molar refractivity (Wildman–Crippen MR) is 91.8 cm³/mol. The van der Waals surface area contributed by atoms with E-state index in [1.165, 1.54) is 23.2 Å². The number of carbonyl (C=O) groups excluding carboxylic acids is 2. The first-order chi connectivity index (χ1) is 13.2. The average Bonchev–Trinajstić information content (AvgIpc) is 3.44. The van der Waals surface area contributed by atoms with Crippen molar-refractivity contribution in [3.63, 3.8) is 0 Å². The summed E-state index contributed by atoms with van der Waals surface area (Å²) in [4.78, 5) is 26.2. The Bertz CT molecular complexity index is 923. The summed E-state index contributed by atoms with van der Waals surface area (Å²) in [6, 6.07) is 4.91. The van der Waals surface area contributed by atoms with Crippen molar-refractivity contribution in [1.82, 2.24) is 19.8 Å². The van der Waals surface area contributed by atoms with Crippen LogP contribution in [0.3, 0.4) is 0 Å². The van der Waals surface area contributed by atoms with Crippen LogP contribution in [0.2, 0.25) is 0 Å². The minimum atomic E-state index is -0.449. The van der Waals surface area contributed by atoms with Crippen LogP contribution in [0.25, 0.3) is 11.5 Å². The van der Waals surface area contributed by atoms with Gasteiger partial charge in [-0.1, -0.05) is 5.16 Å². The molecular formula is C17H17N5O5. The fourth-order valence-electron chi connectivity index (χ4n) is 2.68. The molecule has 3 aromatic rings. The smallest absolute Gasteiger partial charge is 0.277 e. The SMILES string of the molecule is O=C(Nc1cnn(CC(=O)N2CCOCC2)c1)c1cc(-c2ccco2)on1. The highest BCUT2D eigenvalue weighted by Gasteiger charge is 2.19. The molecule has 2 amide bonds. The molecule has 10 nitrogen and oxygen atoms in total. The lowest BCUT2D eigenvalue weighted by molar-refractivity contribution is -0.136. The van der Waals surface area contributed by atoms with Crippen molar-refractivity contribution >= 4 is 17.5 Å². The van der Waals surface area contributed by atoms with Gasteiger partial charge >= 0.3 is 0 Å². The number of aromatic nitrogens is 3. The van der Waals surface area contributed by atoms with Gasteiger partial charge in [-0.3, -0.25) is 14.3 Å². The Morgan fingerprint density at radius 2 is 2.07 bits per heavy atom. The molecule has 3 aromatic heterocycles. The van der Waals surface area contributed by atoms with E-state index in [1.807, 2.05) is 0 Å².